The van der Waals surface area contributed by atoms with Gasteiger partial charge in [0, 0.05) is 18.9 Å². The van der Waals surface area contributed by atoms with E-state index in [4.69, 9.17) is 21.1 Å². The Kier molecular flexibility index (Phi) is 2.91. The van der Waals surface area contributed by atoms with E-state index in [0.717, 1.165) is 5.56 Å². The fraction of sp³-hybridized carbons (Fsp3) is 0.417. The Morgan fingerprint density at radius 3 is 2.50 bits per heavy atom. The third kappa shape index (κ3) is 2.54. The molecule has 1 aliphatic rings. The largest absolute Gasteiger partial charge is 0.434 e. The van der Waals surface area contributed by atoms with Crippen molar-refractivity contribution in [2.75, 3.05) is 0 Å². The summed E-state index contributed by atoms with van der Waals surface area (Å²) in [5.74, 6) is -1.10. The summed E-state index contributed by atoms with van der Waals surface area (Å²) in [4.78, 5) is 11.4. The molecule has 0 spiro atoms. The number of ether oxygens (including phenoxy) is 2. The van der Waals surface area contributed by atoms with Crippen molar-refractivity contribution in [3.63, 3.8) is 0 Å². The van der Waals surface area contributed by atoms with Gasteiger partial charge in [0.15, 0.2) is 0 Å². The summed E-state index contributed by atoms with van der Waals surface area (Å²) < 4.78 is 10.7. The summed E-state index contributed by atoms with van der Waals surface area (Å²) in [5.41, 5.74) is 0.939. The smallest absolute Gasteiger partial charge is 0.311 e. The second-order valence-corrected chi connectivity index (χ2v) is 4.67. The first kappa shape index (κ1) is 11.4. The molecule has 16 heavy (non-hydrogen) atoms. The van der Waals surface area contributed by atoms with Gasteiger partial charge in [0.05, 0.1) is 12.5 Å². The van der Waals surface area contributed by atoms with Gasteiger partial charge in [0.1, 0.15) is 0 Å². The molecule has 0 saturated carbocycles. The van der Waals surface area contributed by atoms with E-state index in [0.29, 0.717) is 5.02 Å². The van der Waals surface area contributed by atoms with E-state index in [1.165, 1.54) is 0 Å². The topological polar surface area (TPSA) is 35.5 Å². The molecule has 1 atom stereocenters. The molecule has 1 unspecified atom stereocenters. The number of hydrogen-bond acceptors (Lipinski definition) is 3. The van der Waals surface area contributed by atoms with E-state index in [1.54, 1.807) is 26.0 Å². The Balaban J connectivity index is 2.21. The molecule has 0 radical (unpaired) electrons. The lowest BCUT2D eigenvalue weighted by molar-refractivity contribution is -0.259. The average Bonchev–Trinajstić information content (AvgIpc) is 2.15. The predicted molar refractivity (Wildman–Crippen MR) is 60.1 cm³/mol. The van der Waals surface area contributed by atoms with Crippen LogP contribution in [0.1, 0.15) is 31.9 Å². The van der Waals surface area contributed by atoms with Crippen LogP contribution in [0.25, 0.3) is 0 Å². The average molecular weight is 241 g/mol. The van der Waals surface area contributed by atoms with Gasteiger partial charge in [-0.2, -0.15) is 0 Å². The zero-order valence-corrected chi connectivity index (χ0v) is 9.95. The molecule has 1 heterocycles. The molecular formula is C12H13ClO3. The van der Waals surface area contributed by atoms with Crippen molar-refractivity contribution < 1.29 is 14.3 Å². The molecule has 1 fully saturated rings. The number of benzene rings is 1. The maximum Gasteiger partial charge on any atom is 0.311 e. The Hall–Kier alpha value is -1.06. The fourth-order valence-corrected chi connectivity index (χ4v) is 1.86. The predicted octanol–water partition coefficient (Wildman–Crippen LogP) is 3.08. The second kappa shape index (κ2) is 4.07. The van der Waals surface area contributed by atoms with Crippen molar-refractivity contribution in [1.29, 1.82) is 0 Å². The lowest BCUT2D eigenvalue weighted by Gasteiger charge is -2.35. The minimum atomic E-state index is -0.861. The quantitative estimate of drug-likeness (QED) is 0.708. The molecule has 0 aromatic heterocycles. The highest BCUT2D eigenvalue weighted by molar-refractivity contribution is 6.30. The van der Waals surface area contributed by atoms with Crippen molar-refractivity contribution >= 4 is 17.6 Å². The highest BCUT2D eigenvalue weighted by Crippen LogP contribution is 2.33. The Morgan fingerprint density at radius 1 is 1.31 bits per heavy atom. The van der Waals surface area contributed by atoms with E-state index in [9.17, 15) is 4.79 Å². The van der Waals surface area contributed by atoms with Gasteiger partial charge in [0.25, 0.3) is 0 Å². The van der Waals surface area contributed by atoms with Crippen molar-refractivity contribution in [1.82, 2.24) is 0 Å². The zero-order valence-electron chi connectivity index (χ0n) is 9.20. The highest BCUT2D eigenvalue weighted by atomic mass is 35.5. The van der Waals surface area contributed by atoms with E-state index >= 15 is 0 Å². The van der Waals surface area contributed by atoms with Crippen molar-refractivity contribution in [3.8, 4) is 0 Å². The van der Waals surface area contributed by atoms with Crippen molar-refractivity contribution in [2.45, 2.75) is 32.2 Å². The van der Waals surface area contributed by atoms with E-state index in [-0.39, 0.29) is 18.5 Å². The molecule has 86 valence electrons. The van der Waals surface area contributed by atoms with Crippen LogP contribution in [0.15, 0.2) is 24.3 Å². The SMILES string of the molecule is CC1(C)OC(=O)CC(c2ccc(Cl)cc2)O1. The first-order chi connectivity index (χ1) is 7.46. The van der Waals surface area contributed by atoms with Gasteiger partial charge in [0.2, 0.25) is 5.79 Å². The molecule has 1 saturated heterocycles. The van der Waals surface area contributed by atoms with Crippen molar-refractivity contribution in [3.05, 3.63) is 34.9 Å². The Bertz CT molecular complexity index is 397. The molecule has 1 aliphatic heterocycles. The van der Waals surface area contributed by atoms with Crippen LogP contribution in [0.2, 0.25) is 5.02 Å². The summed E-state index contributed by atoms with van der Waals surface area (Å²) in [6.07, 6.45) is -0.0149. The van der Waals surface area contributed by atoms with Crippen LogP contribution in [0.4, 0.5) is 0 Å². The molecule has 0 amide bonds. The van der Waals surface area contributed by atoms with Gasteiger partial charge in [-0.1, -0.05) is 23.7 Å². The van der Waals surface area contributed by atoms with Crippen LogP contribution in [-0.2, 0) is 14.3 Å². The monoisotopic (exact) mass is 240 g/mol. The van der Waals surface area contributed by atoms with Gasteiger partial charge in [-0.15, -0.1) is 0 Å². The number of rotatable bonds is 1. The minimum Gasteiger partial charge on any atom is -0.434 e. The molecule has 1 aromatic rings. The second-order valence-electron chi connectivity index (χ2n) is 4.24. The summed E-state index contributed by atoms with van der Waals surface area (Å²) in [6.45, 7) is 3.46. The molecular weight excluding hydrogens is 228 g/mol. The Labute approximate surface area is 99.3 Å². The van der Waals surface area contributed by atoms with Crippen LogP contribution in [0, 0.1) is 0 Å². The normalized spacial score (nSPS) is 23.9. The number of carbonyl (C=O) groups is 1. The van der Waals surface area contributed by atoms with Gasteiger partial charge in [-0.05, 0) is 17.7 Å². The van der Waals surface area contributed by atoms with Gasteiger partial charge < -0.3 is 9.47 Å². The van der Waals surface area contributed by atoms with Gasteiger partial charge >= 0.3 is 5.97 Å². The number of halogens is 1. The zero-order chi connectivity index (χ0) is 11.8. The molecule has 4 heteroatoms. The van der Waals surface area contributed by atoms with Crippen LogP contribution in [0.5, 0.6) is 0 Å². The van der Waals surface area contributed by atoms with Crippen LogP contribution in [-0.4, -0.2) is 11.8 Å². The minimum absolute atomic E-state index is 0.240. The lowest BCUT2D eigenvalue weighted by atomic mass is 10.1. The van der Waals surface area contributed by atoms with Crippen LogP contribution in [0.3, 0.4) is 0 Å². The molecule has 1 aromatic carbocycles. The van der Waals surface area contributed by atoms with E-state index in [1.807, 2.05) is 12.1 Å². The first-order valence-electron chi connectivity index (χ1n) is 5.11. The Morgan fingerprint density at radius 2 is 1.94 bits per heavy atom. The summed E-state index contributed by atoms with van der Waals surface area (Å²) in [6, 6.07) is 7.30. The summed E-state index contributed by atoms with van der Waals surface area (Å²) in [5, 5.41) is 0.668. The third-order valence-electron chi connectivity index (χ3n) is 2.38. The fourth-order valence-electron chi connectivity index (χ4n) is 1.74. The molecule has 0 bridgehead atoms. The van der Waals surface area contributed by atoms with E-state index in [2.05, 4.69) is 0 Å². The molecule has 0 aliphatic carbocycles. The first-order valence-corrected chi connectivity index (χ1v) is 5.49. The molecule has 0 N–H and O–H groups in total. The number of carbonyl (C=O) groups excluding carboxylic acids is 1. The highest BCUT2D eigenvalue weighted by Gasteiger charge is 2.35. The van der Waals surface area contributed by atoms with E-state index < -0.39 is 5.79 Å². The van der Waals surface area contributed by atoms with Crippen LogP contribution >= 0.6 is 11.6 Å². The lowest BCUT2D eigenvalue weighted by Crippen LogP contribution is -2.38. The summed E-state index contributed by atoms with van der Waals surface area (Å²) >= 11 is 5.80. The maximum atomic E-state index is 11.4. The van der Waals surface area contributed by atoms with Gasteiger partial charge in [-0.25, -0.2) is 0 Å². The number of cyclic esters (lactones) is 1. The summed E-state index contributed by atoms with van der Waals surface area (Å²) in [7, 11) is 0. The van der Waals surface area contributed by atoms with Crippen molar-refractivity contribution in [2.24, 2.45) is 0 Å². The van der Waals surface area contributed by atoms with Crippen LogP contribution < -0.4 is 0 Å². The number of esters is 1. The maximum absolute atomic E-state index is 11.4. The standard InChI is InChI=1S/C12H13ClO3/c1-12(2)15-10(7-11(14)16-12)8-3-5-9(13)6-4-8/h3-6,10H,7H2,1-2H3. The van der Waals surface area contributed by atoms with Gasteiger partial charge in [-0.3, -0.25) is 4.79 Å². The molecule has 3 nitrogen and oxygen atoms in total. The molecule has 2 rings (SSSR count). The number of hydrogen-bond donors (Lipinski definition) is 0. The third-order valence-corrected chi connectivity index (χ3v) is 2.63.